The SMILES string of the molecule is Cc1ccc(C(=O)N[C@@H](Cc2ccccc2)C(=O)O)cc1[N+](=O)[O-]. The van der Waals surface area contributed by atoms with Crippen LogP contribution in [-0.2, 0) is 11.2 Å². The summed E-state index contributed by atoms with van der Waals surface area (Å²) in [5.74, 6) is -1.84. The number of carbonyl (C=O) groups is 2. The number of hydrogen-bond acceptors (Lipinski definition) is 4. The summed E-state index contributed by atoms with van der Waals surface area (Å²) in [7, 11) is 0. The van der Waals surface area contributed by atoms with Crippen LogP contribution in [0.15, 0.2) is 48.5 Å². The Bertz CT molecular complexity index is 774. The van der Waals surface area contributed by atoms with Crippen molar-refractivity contribution in [1.29, 1.82) is 0 Å². The van der Waals surface area contributed by atoms with E-state index in [2.05, 4.69) is 5.32 Å². The number of nitrogens with zero attached hydrogens (tertiary/aromatic N) is 1. The Morgan fingerprint density at radius 3 is 2.46 bits per heavy atom. The average molecular weight is 328 g/mol. The minimum absolute atomic E-state index is 0.0478. The lowest BCUT2D eigenvalue weighted by molar-refractivity contribution is -0.385. The van der Waals surface area contributed by atoms with Crippen LogP contribution in [-0.4, -0.2) is 27.9 Å². The Balaban J connectivity index is 2.18. The first kappa shape index (κ1) is 17.1. The molecule has 7 nitrogen and oxygen atoms in total. The summed E-state index contributed by atoms with van der Waals surface area (Å²) in [5, 5.41) is 22.6. The van der Waals surface area contributed by atoms with Crippen molar-refractivity contribution in [3.05, 3.63) is 75.3 Å². The first-order valence-electron chi connectivity index (χ1n) is 7.21. The number of nitro groups is 1. The summed E-state index contributed by atoms with van der Waals surface area (Å²) < 4.78 is 0. The van der Waals surface area contributed by atoms with Crippen molar-refractivity contribution in [2.24, 2.45) is 0 Å². The number of nitro benzene ring substituents is 1. The Morgan fingerprint density at radius 1 is 1.21 bits per heavy atom. The maximum atomic E-state index is 12.2. The molecule has 0 fully saturated rings. The minimum atomic E-state index is -1.17. The first-order chi connectivity index (χ1) is 11.4. The van der Waals surface area contributed by atoms with Gasteiger partial charge < -0.3 is 10.4 Å². The number of rotatable bonds is 6. The van der Waals surface area contributed by atoms with Crippen molar-refractivity contribution in [2.45, 2.75) is 19.4 Å². The summed E-state index contributed by atoms with van der Waals surface area (Å²) in [6.45, 7) is 1.56. The van der Waals surface area contributed by atoms with Gasteiger partial charge in [0.1, 0.15) is 6.04 Å². The van der Waals surface area contributed by atoms with E-state index in [-0.39, 0.29) is 17.7 Å². The number of benzene rings is 2. The lowest BCUT2D eigenvalue weighted by Crippen LogP contribution is -2.42. The highest BCUT2D eigenvalue weighted by Crippen LogP contribution is 2.19. The maximum Gasteiger partial charge on any atom is 0.326 e. The topological polar surface area (TPSA) is 110 Å². The number of carboxylic acid groups (broad SMARTS) is 1. The largest absolute Gasteiger partial charge is 0.480 e. The van der Waals surface area contributed by atoms with Crippen molar-refractivity contribution in [2.75, 3.05) is 0 Å². The lowest BCUT2D eigenvalue weighted by Gasteiger charge is -2.15. The standard InChI is InChI=1S/C17H16N2O5/c1-11-7-8-13(10-15(11)19(23)24)16(20)18-14(17(21)22)9-12-5-3-2-4-6-12/h2-8,10,14H,9H2,1H3,(H,18,20)(H,21,22)/t14-/m0/s1. The Hall–Kier alpha value is -3.22. The third kappa shape index (κ3) is 4.16. The van der Waals surface area contributed by atoms with Crippen LogP contribution in [0.2, 0.25) is 0 Å². The van der Waals surface area contributed by atoms with E-state index < -0.39 is 22.8 Å². The summed E-state index contributed by atoms with van der Waals surface area (Å²) in [5.41, 5.74) is 1.06. The molecule has 1 atom stereocenters. The van der Waals surface area contributed by atoms with Gasteiger partial charge in [-0.1, -0.05) is 36.4 Å². The molecule has 0 radical (unpaired) electrons. The van der Waals surface area contributed by atoms with Crippen molar-refractivity contribution < 1.29 is 19.6 Å². The van der Waals surface area contributed by atoms with E-state index in [0.29, 0.717) is 5.56 Å². The molecular weight excluding hydrogens is 312 g/mol. The molecular formula is C17H16N2O5. The van der Waals surface area contributed by atoms with Crippen molar-refractivity contribution >= 4 is 17.6 Å². The molecule has 0 aliphatic carbocycles. The minimum Gasteiger partial charge on any atom is -0.480 e. The van der Waals surface area contributed by atoms with E-state index in [0.717, 1.165) is 11.6 Å². The van der Waals surface area contributed by atoms with Crippen LogP contribution in [0.25, 0.3) is 0 Å². The third-order valence-electron chi connectivity index (χ3n) is 3.55. The molecule has 7 heteroatoms. The van der Waals surface area contributed by atoms with E-state index in [1.54, 1.807) is 31.2 Å². The van der Waals surface area contributed by atoms with Crippen LogP contribution in [0.4, 0.5) is 5.69 Å². The van der Waals surface area contributed by atoms with Gasteiger partial charge in [0, 0.05) is 23.6 Å². The van der Waals surface area contributed by atoms with Crippen LogP contribution in [0, 0.1) is 17.0 Å². The van der Waals surface area contributed by atoms with E-state index >= 15 is 0 Å². The van der Waals surface area contributed by atoms with Gasteiger partial charge >= 0.3 is 5.97 Å². The summed E-state index contributed by atoms with van der Waals surface area (Å²) in [6, 6.07) is 11.8. The van der Waals surface area contributed by atoms with Gasteiger partial charge in [0.2, 0.25) is 0 Å². The summed E-state index contributed by atoms with van der Waals surface area (Å²) in [4.78, 5) is 34.0. The molecule has 0 aromatic heterocycles. The number of hydrogen-bond donors (Lipinski definition) is 2. The number of amides is 1. The van der Waals surface area contributed by atoms with Gasteiger partial charge in [0.15, 0.2) is 0 Å². The molecule has 0 bridgehead atoms. The number of aryl methyl sites for hydroxylation is 1. The molecule has 0 heterocycles. The first-order valence-corrected chi connectivity index (χ1v) is 7.21. The average Bonchev–Trinajstić information content (AvgIpc) is 2.55. The Kier molecular flexibility index (Phi) is 5.26. The fourth-order valence-corrected chi connectivity index (χ4v) is 2.24. The molecule has 0 aliphatic heterocycles. The van der Waals surface area contributed by atoms with Gasteiger partial charge in [-0.25, -0.2) is 4.79 Å². The predicted octanol–water partition coefficient (Wildman–Crippen LogP) is 2.33. The maximum absolute atomic E-state index is 12.2. The second kappa shape index (κ2) is 7.36. The van der Waals surface area contributed by atoms with Gasteiger partial charge in [0.25, 0.3) is 11.6 Å². The monoisotopic (exact) mass is 328 g/mol. The Morgan fingerprint density at radius 2 is 1.88 bits per heavy atom. The van der Waals surface area contributed by atoms with Crippen LogP contribution in [0.3, 0.4) is 0 Å². The highest BCUT2D eigenvalue weighted by atomic mass is 16.6. The van der Waals surface area contributed by atoms with E-state index in [1.165, 1.54) is 12.1 Å². The molecule has 0 saturated carbocycles. The third-order valence-corrected chi connectivity index (χ3v) is 3.55. The molecule has 2 N–H and O–H groups in total. The molecule has 2 aromatic rings. The van der Waals surface area contributed by atoms with Gasteiger partial charge in [-0.3, -0.25) is 14.9 Å². The molecule has 2 aromatic carbocycles. The highest BCUT2D eigenvalue weighted by Gasteiger charge is 2.22. The lowest BCUT2D eigenvalue weighted by atomic mass is 10.0. The van der Waals surface area contributed by atoms with E-state index in [1.807, 2.05) is 6.07 Å². The van der Waals surface area contributed by atoms with E-state index in [9.17, 15) is 24.8 Å². The van der Waals surface area contributed by atoms with Gasteiger partial charge in [-0.05, 0) is 18.6 Å². The van der Waals surface area contributed by atoms with Crippen LogP contribution < -0.4 is 5.32 Å². The van der Waals surface area contributed by atoms with Crippen LogP contribution in [0.1, 0.15) is 21.5 Å². The summed E-state index contributed by atoms with van der Waals surface area (Å²) >= 11 is 0. The van der Waals surface area contributed by atoms with Crippen molar-refractivity contribution in [3.63, 3.8) is 0 Å². The Labute approximate surface area is 138 Å². The second-order valence-corrected chi connectivity index (χ2v) is 5.31. The molecule has 124 valence electrons. The highest BCUT2D eigenvalue weighted by molar-refractivity contribution is 5.97. The smallest absolute Gasteiger partial charge is 0.326 e. The van der Waals surface area contributed by atoms with Crippen molar-refractivity contribution in [3.8, 4) is 0 Å². The second-order valence-electron chi connectivity index (χ2n) is 5.31. The molecule has 1 amide bonds. The van der Waals surface area contributed by atoms with Gasteiger partial charge in [-0.2, -0.15) is 0 Å². The van der Waals surface area contributed by atoms with Crippen molar-refractivity contribution in [1.82, 2.24) is 5.32 Å². The molecule has 0 unspecified atom stereocenters. The van der Waals surface area contributed by atoms with Crippen LogP contribution >= 0.6 is 0 Å². The van der Waals surface area contributed by atoms with E-state index in [4.69, 9.17) is 0 Å². The number of carbonyl (C=O) groups excluding carboxylic acids is 1. The molecule has 0 saturated heterocycles. The zero-order valence-electron chi connectivity index (χ0n) is 12.9. The fourth-order valence-electron chi connectivity index (χ4n) is 2.24. The zero-order valence-corrected chi connectivity index (χ0v) is 12.9. The predicted molar refractivity (Wildman–Crippen MR) is 86.9 cm³/mol. The number of carboxylic acids is 1. The fraction of sp³-hybridized carbons (Fsp3) is 0.176. The quantitative estimate of drug-likeness (QED) is 0.625. The molecule has 0 aliphatic rings. The van der Waals surface area contributed by atoms with Gasteiger partial charge in [-0.15, -0.1) is 0 Å². The molecule has 0 spiro atoms. The van der Waals surface area contributed by atoms with Gasteiger partial charge in [0.05, 0.1) is 4.92 Å². The number of nitrogens with one attached hydrogen (secondary N) is 1. The zero-order chi connectivity index (χ0) is 17.7. The summed E-state index contributed by atoms with van der Waals surface area (Å²) in [6.07, 6.45) is 0.121. The molecule has 24 heavy (non-hydrogen) atoms. The molecule has 2 rings (SSSR count). The van der Waals surface area contributed by atoms with Crippen LogP contribution in [0.5, 0.6) is 0 Å². The number of aliphatic carboxylic acids is 1. The normalized spacial score (nSPS) is 11.5.